The van der Waals surface area contributed by atoms with Gasteiger partial charge in [-0.05, 0) is 63.8 Å². The van der Waals surface area contributed by atoms with Crippen molar-refractivity contribution in [1.82, 2.24) is 5.32 Å². The number of urea groups is 1. The molecule has 2 rings (SSSR count). The number of nitrogens with one attached hydrogen (secondary N) is 2. The molecular weight excluding hydrogens is 288 g/mol. The number of aryl methyl sites for hydroxylation is 2. The lowest BCUT2D eigenvalue weighted by atomic mass is 9.94. The number of hydrogen-bond acceptors (Lipinski definition) is 2. The molecule has 1 atom stereocenters. The van der Waals surface area contributed by atoms with Crippen LogP contribution in [-0.4, -0.2) is 24.3 Å². The molecule has 1 aliphatic rings. The van der Waals surface area contributed by atoms with Crippen molar-refractivity contribution < 1.29 is 9.53 Å². The summed E-state index contributed by atoms with van der Waals surface area (Å²) in [6.45, 7) is 8.63. The largest absolute Gasteiger partial charge is 0.375 e. The van der Waals surface area contributed by atoms with Crippen molar-refractivity contribution >= 4 is 23.3 Å². The maximum Gasteiger partial charge on any atom is 0.319 e. The molecule has 5 heteroatoms. The Morgan fingerprint density at radius 3 is 2.52 bits per heavy atom. The lowest BCUT2D eigenvalue weighted by Crippen LogP contribution is -2.47. The summed E-state index contributed by atoms with van der Waals surface area (Å²) in [5.41, 5.74) is 2.50. The number of carbonyl (C=O) groups excluding carboxylic acids is 1. The third-order valence-electron chi connectivity index (χ3n) is 3.73. The third kappa shape index (κ3) is 4.35. The number of carbonyl (C=O) groups is 1. The van der Waals surface area contributed by atoms with Gasteiger partial charge in [0.25, 0.3) is 0 Å². The van der Waals surface area contributed by atoms with E-state index < -0.39 is 0 Å². The molecule has 1 aromatic carbocycles. The average Bonchev–Trinajstić information content (AvgIpc) is 2.34. The van der Waals surface area contributed by atoms with Gasteiger partial charge in [0.2, 0.25) is 0 Å². The summed E-state index contributed by atoms with van der Waals surface area (Å²) in [6, 6.07) is 3.72. The van der Waals surface area contributed by atoms with Crippen LogP contribution in [0.3, 0.4) is 0 Å². The molecule has 1 unspecified atom stereocenters. The van der Waals surface area contributed by atoms with E-state index in [1.165, 1.54) is 0 Å². The van der Waals surface area contributed by atoms with Gasteiger partial charge in [0.1, 0.15) is 0 Å². The van der Waals surface area contributed by atoms with E-state index in [-0.39, 0.29) is 17.7 Å². The monoisotopic (exact) mass is 310 g/mol. The Balaban J connectivity index is 1.96. The highest BCUT2D eigenvalue weighted by molar-refractivity contribution is 6.32. The number of rotatable bonds is 2. The predicted molar refractivity (Wildman–Crippen MR) is 86.1 cm³/mol. The van der Waals surface area contributed by atoms with Gasteiger partial charge in [0, 0.05) is 23.4 Å². The van der Waals surface area contributed by atoms with Crippen LogP contribution in [0.4, 0.5) is 10.5 Å². The Kier molecular flexibility index (Phi) is 4.79. The van der Waals surface area contributed by atoms with Crippen molar-refractivity contribution in [1.29, 1.82) is 0 Å². The molecule has 1 fully saturated rings. The number of amides is 2. The van der Waals surface area contributed by atoms with E-state index >= 15 is 0 Å². The molecular formula is C16H23ClN2O2. The molecule has 1 aromatic rings. The summed E-state index contributed by atoms with van der Waals surface area (Å²) in [7, 11) is 0. The summed E-state index contributed by atoms with van der Waals surface area (Å²) < 4.78 is 5.65. The molecule has 0 aromatic heterocycles. The van der Waals surface area contributed by atoms with E-state index in [0.29, 0.717) is 6.61 Å². The maximum atomic E-state index is 12.1. The van der Waals surface area contributed by atoms with Crippen LogP contribution in [-0.2, 0) is 4.74 Å². The van der Waals surface area contributed by atoms with Crippen molar-refractivity contribution in [2.75, 3.05) is 11.9 Å². The molecule has 0 radical (unpaired) electrons. The van der Waals surface area contributed by atoms with Gasteiger partial charge in [-0.2, -0.15) is 0 Å². The lowest BCUT2D eigenvalue weighted by molar-refractivity contribution is -0.0609. The summed E-state index contributed by atoms with van der Waals surface area (Å²) in [5.74, 6) is 0. The van der Waals surface area contributed by atoms with Gasteiger partial charge in [-0.3, -0.25) is 0 Å². The normalized spacial score (nSPS) is 20.9. The van der Waals surface area contributed by atoms with Gasteiger partial charge >= 0.3 is 6.03 Å². The summed E-state index contributed by atoms with van der Waals surface area (Å²) in [6.07, 6.45) is 1.66. The van der Waals surface area contributed by atoms with Crippen LogP contribution in [0.1, 0.15) is 37.8 Å². The Labute approximate surface area is 131 Å². The molecule has 21 heavy (non-hydrogen) atoms. The Bertz CT molecular complexity index is 520. The molecule has 4 nitrogen and oxygen atoms in total. The molecule has 0 aliphatic carbocycles. The second-order valence-electron chi connectivity index (χ2n) is 6.32. The van der Waals surface area contributed by atoms with E-state index in [9.17, 15) is 4.79 Å². The zero-order chi connectivity index (χ0) is 15.6. The fourth-order valence-electron chi connectivity index (χ4n) is 2.73. The molecule has 0 saturated carbocycles. The summed E-state index contributed by atoms with van der Waals surface area (Å²) in [5, 5.41) is 6.63. The molecule has 1 heterocycles. The molecule has 2 N–H and O–H groups in total. The number of halogens is 1. The first-order chi connectivity index (χ1) is 9.77. The molecule has 1 saturated heterocycles. The van der Waals surface area contributed by atoms with E-state index in [2.05, 4.69) is 10.6 Å². The van der Waals surface area contributed by atoms with Crippen molar-refractivity contribution in [2.45, 2.75) is 52.2 Å². The summed E-state index contributed by atoms with van der Waals surface area (Å²) in [4.78, 5) is 12.1. The highest BCUT2D eigenvalue weighted by Crippen LogP contribution is 2.25. The Morgan fingerprint density at radius 1 is 1.33 bits per heavy atom. The van der Waals surface area contributed by atoms with Crippen molar-refractivity contribution in [3.63, 3.8) is 0 Å². The SMILES string of the molecule is Cc1cc(NC(=O)NC2CCOC(C)(C)C2)cc(C)c1Cl. The molecule has 2 amide bonds. The lowest BCUT2D eigenvalue weighted by Gasteiger charge is -2.35. The van der Waals surface area contributed by atoms with Gasteiger partial charge < -0.3 is 15.4 Å². The van der Waals surface area contributed by atoms with Gasteiger partial charge in [-0.1, -0.05) is 11.6 Å². The van der Waals surface area contributed by atoms with E-state index in [0.717, 1.165) is 34.7 Å². The third-order valence-corrected chi connectivity index (χ3v) is 4.32. The predicted octanol–water partition coefficient (Wildman–Crippen LogP) is 4.04. The standard InChI is InChI=1S/C16H23ClN2O2/c1-10-7-13(8-11(2)14(10)17)19-15(20)18-12-5-6-21-16(3,4)9-12/h7-8,12H,5-6,9H2,1-4H3,(H2,18,19,20). The highest BCUT2D eigenvalue weighted by atomic mass is 35.5. The zero-order valence-corrected chi connectivity index (χ0v) is 13.8. The number of anilines is 1. The zero-order valence-electron chi connectivity index (χ0n) is 13.0. The molecule has 1 aliphatic heterocycles. The molecule has 0 spiro atoms. The van der Waals surface area contributed by atoms with Crippen LogP contribution in [0.5, 0.6) is 0 Å². The van der Waals surface area contributed by atoms with E-state index in [1.807, 2.05) is 39.8 Å². The van der Waals surface area contributed by atoms with Crippen LogP contribution in [0.2, 0.25) is 5.02 Å². The van der Waals surface area contributed by atoms with Gasteiger partial charge in [-0.25, -0.2) is 4.79 Å². The first-order valence-electron chi connectivity index (χ1n) is 7.25. The average molecular weight is 311 g/mol. The molecule has 0 bridgehead atoms. The minimum atomic E-state index is -0.182. The first kappa shape index (κ1) is 16.1. The van der Waals surface area contributed by atoms with Gasteiger partial charge in [-0.15, -0.1) is 0 Å². The second kappa shape index (κ2) is 6.24. The van der Waals surface area contributed by atoms with Crippen LogP contribution >= 0.6 is 11.6 Å². The maximum absolute atomic E-state index is 12.1. The second-order valence-corrected chi connectivity index (χ2v) is 6.70. The number of benzene rings is 1. The van der Waals surface area contributed by atoms with Crippen LogP contribution < -0.4 is 10.6 Å². The minimum absolute atomic E-state index is 0.142. The van der Waals surface area contributed by atoms with Crippen molar-refractivity contribution in [3.05, 3.63) is 28.3 Å². The quantitative estimate of drug-likeness (QED) is 0.866. The van der Waals surface area contributed by atoms with Crippen LogP contribution in [0.15, 0.2) is 12.1 Å². The van der Waals surface area contributed by atoms with Gasteiger partial charge in [0.15, 0.2) is 0 Å². The topological polar surface area (TPSA) is 50.4 Å². The fourth-order valence-corrected chi connectivity index (χ4v) is 2.83. The van der Waals surface area contributed by atoms with E-state index in [4.69, 9.17) is 16.3 Å². The van der Waals surface area contributed by atoms with Crippen LogP contribution in [0.25, 0.3) is 0 Å². The fraction of sp³-hybridized carbons (Fsp3) is 0.562. The van der Waals surface area contributed by atoms with Gasteiger partial charge in [0.05, 0.1) is 5.60 Å². The summed E-state index contributed by atoms with van der Waals surface area (Å²) >= 11 is 6.13. The van der Waals surface area contributed by atoms with Crippen molar-refractivity contribution in [2.24, 2.45) is 0 Å². The number of hydrogen-bond donors (Lipinski definition) is 2. The molecule has 116 valence electrons. The Morgan fingerprint density at radius 2 is 1.95 bits per heavy atom. The minimum Gasteiger partial charge on any atom is -0.375 e. The Hall–Kier alpha value is -1.26. The number of ether oxygens (including phenoxy) is 1. The van der Waals surface area contributed by atoms with Crippen molar-refractivity contribution in [3.8, 4) is 0 Å². The van der Waals surface area contributed by atoms with E-state index in [1.54, 1.807) is 0 Å². The van der Waals surface area contributed by atoms with Crippen LogP contribution in [0, 0.1) is 13.8 Å². The first-order valence-corrected chi connectivity index (χ1v) is 7.63. The highest BCUT2D eigenvalue weighted by Gasteiger charge is 2.29. The smallest absolute Gasteiger partial charge is 0.319 e.